The van der Waals surface area contributed by atoms with Gasteiger partial charge in [0.15, 0.2) is 0 Å². The van der Waals surface area contributed by atoms with Crippen molar-refractivity contribution >= 4 is 0 Å². The molecule has 3 nitrogen and oxygen atoms in total. The number of likely N-dealkylation sites (tertiary alicyclic amines) is 1. The fourth-order valence-corrected chi connectivity index (χ4v) is 3.15. The Kier molecular flexibility index (Phi) is 4.73. The van der Waals surface area contributed by atoms with Crippen molar-refractivity contribution in [3.8, 4) is 5.75 Å². The van der Waals surface area contributed by atoms with Crippen LogP contribution in [0.1, 0.15) is 6.42 Å². The van der Waals surface area contributed by atoms with Crippen molar-refractivity contribution in [1.82, 2.24) is 4.90 Å². The van der Waals surface area contributed by atoms with Gasteiger partial charge in [-0.05, 0) is 36.9 Å². The van der Waals surface area contributed by atoms with Crippen molar-refractivity contribution in [2.75, 3.05) is 26.2 Å². The number of hydrogen-bond acceptors (Lipinski definition) is 3. The lowest BCUT2D eigenvalue weighted by molar-refractivity contribution is 0.0499. The summed E-state index contributed by atoms with van der Waals surface area (Å²) >= 11 is 0. The molecule has 1 aromatic rings. The third-order valence-corrected chi connectivity index (χ3v) is 4.28. The minimum Gasteiger partial charge on any atom is -0.491 e. The lowest BCUT2D eigenvalue weighted by atomic mass is 9.82. The van der Waals surface area contributed by atoms with E-state index in [1.54, 1.807) is 0 Å². The van der Waals surface area contributed by atoms with Gasteiger partial charge in [0.25, 0.3) is 0 Å². The third kappa shape index (κ3) is 3.96. The molecule has 0 saturated carbocycles. The maximum atomic E-state index is 10.2. The highest BCUT2D eigenvalue weighted by atomic mass is 16.5. The maximum absolute atomic E-state index is 10.2. The summed E-state index contributed by atoms with van der Waals surface area (Å²) in [5.74, 6) is 2.10. The van der Waals surface area contributed by atoms with Gasteiger partial charge in [-0.3, -0.25) is 0 Å². The number of rotatable bonds is 5. The number of hydrogen-bond donors (Lipinski definition) is 1. The molecule has 0 bridgehead atoms. The van der Waals surface area contributed by atoms with Crippen LogP contribution in [0.3, 0.4) is 0 Å². The number of benzene rings is 1. The van der Waals surface area contributed by atoms with Crippen molar-refractivity contribution in [2.24, 2.45) is 11.8 Å². The monoisotopic (exact) mass is 285 g/mol. The van der Waals surface area contributed by atoms with E-state index in [0.29, 0.717) is 25.0 Å². The second kappa shape index (κ2) is 6.92. The quantitative estimate of drug-likeness (QED) is 0.902. The molecule has 1 heterocycles. The first-order chi connectivity index (χ1) is 10.3. The zero-order valence-electron chi connectivity index (χ0n) is 12.3. The third-order valence-electron chi connectivity index (χ3n) is 4.28. The van der Waals surface area contributed by atoms with E-state index in [-0.39, 0.29) is 0 Å². The summed E-state index contributed by atoms with van der Waals surface area (Å²) in [6.45, 7) is 3.13. The topological polar surface area (TPSA) is 32.7 Å². The second-order valence-electron chi connectivity index (χ2n) is 5.92. The number of piperidine rings is 1. The summed E-state index contributed by atoms with van der Waals surface area (Å²) in [7, 11) is 0. The average molecular weight is 285 g/mol. The maximum Gasteiger partial charge on any atom is 0.119 e. The molecule has 3 rings (SSSR count). The van der Waals surface area contributed by atoms with Gasteiger partial charge in [0.1, 0.15) is 18.5 Å². The van der Waals surface area contributed by atoms with E-state index in [2.05, 4.69) is 29.2 Å². The van der Waals surface area contributed by atoms with Crippen LogP contribution in [0, 0.1) is 11.8 Å². The molecule has 1 N–H and O–H groups in total. The van der Waals surface area contributed by atoms with Crippen LogP contribution >= 0.6 is 0 Å². The number of nitrogens with zero attached hydrogens (tertiary/aromatic N) is 1. The Morgan fingerprint density at radius 2 is 1.90 bits per heavy atom. The predicted octanol–water partition coefficient (Wildman–Crippen LogP) is 2.49. The first kappa shape index (κ1) is 14.4. The highest BCUT2D eigenvalue weighted by Gasteiger charge is 2.27. The number of para-hydroxylation sites is 1. The van der Waals surface area contributed by atoms with Gasteiger partial charge < -0.3 is 14.7 Å². The minimum atomic E-state index is -0.440. The second-order valence-corrected chi connectivity index (χ2v) is 5.92. The highest BCUT2D eigenvalue weighted by molar-refractivity contribution is 5.21. The normalized spacial score (nSPS) is 26.3. The van der Waals surface area contributed by atoms with Gasteiger partial charge in [0.05, 0.1) is 0 Å². The van der Waals surface area contributed by atoms with Crippen molar-refractivity contribution in [3.63, 3.8) is 0 Å². The molecule has 2 aliphatic rings. The zero-order chi connectivity index (χ0) is 14.5. The molecule has 0 aromatic heterocycles. The Labute approximate surface area is 126 Å². The summed E-state index contributed by atoms with van der Waals surface area (Å²) in [6.07, 6.45) is 9.64. The fourth-order valence-electron chi connectivity index (χ4n) is 3.15. The molecule has 1 aliphatic carbocycles. The first-order valence-corrected chi connectivity index (χ1v) is 7.74. The lowest BCUT2D eigenvalue weighted by Crippen LogP contribution is -2.44. The van der Waals surface area contributed by atoms with Gasteiger partial charge in [-0.1, -0.05) is 42.5 Å². The molecular weight excluding hydrogens is 262 g/mol. The molecule has 21 heavy (non-hydrogen) atoms. The van der Waals surface area contributed by atoms with E-state index in [0.717, 1.165) is 18.8 Å². The van der Waals surface area contributed by atoms with Crippen LogP contribution in [0.5, 0.6) is 5.75 Å². The number of fused-ring (bicyclic) bond motifs is 1. The molecule has 1 saturated heterocycles. The van der Waals surface area contributed by atoms with Crippen LogP contribution < -0.4 is 4.74 Å². The van der Waals surface area contributed by atoms with E-state index in [1.807, 2.05) is 30.3 Å². The standard InChI is InChI=1S/C18H23NO2/c20-17(14-21-18-8-2-1-3-9-18)13-19-11-10-15-6-4-5-7-16(15)12-19/h1-9,15-17,20H,10-14H2/t15-,16+,17+/m1/s1. The fraction of sp³-hybridized carbons (Fsp3) is 0.444. The molecule has 1 aliphatic heterocycles. The van der Waals surface area contributed by atoms with Crippen molar-refractivity contribution in [1.29, 1.82) is 0 Å². The lowest BCUT2D eigenvalue weighted by Gasteiger charge is -2.37. The van der Waals surface area contributed by atoms with Gasteiger partial charge in [0, 0.05) is 13.1 Å². The van der Waals surface area contributed by atoms with E-state index in [1.165, 1.54) is 6.42 Å². The first-order valence-electron chi connectivity index (χ1n) is 7.74. The van der Waals surface area contributed by atoms with E-state index >= 15 is 0 Å². The molecule has 0 unspecified atom stereocenters. The number of aliphatic hydroxyl groups excluding tert-OH is 1. The Bertz CT molecular complexity index is 497. The summed E-state index contributed by atoms with van der Waals surface area (Å²) in [5, 5.41) is 10.2. The Morgan fingerprint density at radius 1 is 1.14 bits per heavy atom. The molecule has 0 spiro atoms. The van der Waals surface area contributed by atoms with E-state index < -0.39 is 6.10 Å². The highest BCUT2D eigenvalue weighted by Crippen LogP contribution is 2.28. The van der Waals surface area contributed by atoms with Gasteiger partial charge >= 0.3 is 0 Å². The molecule has 3 heteroatoms. The van der Waals surface area contributed by atoms with Crippen LogP contribution in [0.2, 0.25) is 0 Å². The van der Waals surface area contributed by atoms with Crippen molar-refractivity contribution in [2.45, 2.75) is 12.5 Å². The predicted molar refractivity (Wildman–Crippen MR) is 84.3 cm³/mol. The van der Waals surface area contributed by atoms with Gasteiger partial charge in [-0.25, -0.2) is 0 Å². The molecule has 3 atom stereocenters. The molecule has 112 valence electrons. The number of aliphatic hydroxyl groups is 1. The Hall–Kier alpha value is -1.58. The molecular formula is C18H23NO2. The van der Waals surface area contributed by atoms with Crippen molar-refractivity contribution in [3.05, 3.63) is 54.6 Å². The SMILES string of the molecule is O[C@H](COc1ccccc1)CN1CC[C@H]2C=CC=C[C@H]2C1. The molecule has 0 radical (unpaired) electrons. The Balaban J connectivity index is 1.44. The Morgan fingerprint density at radius 3 is 2.71 bits per heavy atom. The summed E-state index contributed by atoms with van der Waals surface area (Å²) < 4.78 is 5.61. The molecule has 1 fully saturated rings. The number of β-amino-alcohol motifs (C(OH)–C–C–N with tert-alkyl or cyclic N) is 1. The van der Waals surface area contributed by atoms with Crippen molar-refractivity contribution < 1.29 is 9.84 Å². The van der Waals surface area contributed by atoms with Crippen LogP contribution in [-0.4, -0.2) is 42.4 Å². The van der Waals surface area contributed by atoms with E-state index in [4.69, 9.17) is 4.74 Å². The van der Waals surface area contributed by atoms with Gasteiger partial charge in [0.2, 0.25) is 0 Å². The minimum absolute atomic E-state index is 0.352. The van der Waals surface area contributed by atoms with Crippen LogP contribution in [0.4, 0.5) is 0 Å². The summed E-state index contributed by atoms with van der Waals surface area (Å²) in [4.78, 5) is 2.35. The van der Waals surface area contributed by atoms with Crippen LogP contribution in [0.25, 0.3) is 0 Å². The number of allylic oxidation sites excluding steroid dienone is 3. The summed E-state index contributed by atoms with van der Waals surface area (Å²) in [5.41, 5.74) is 0. The van der Waals surface area contributed by atoms with Crippen LogP contribution in [0.15, 0.2) is 54.6 Å². The van der Waals surface area contributed by atoms with E-state index in [9.17, 15) is 5.11 Å². The van der Waals surface area contributed by atoms with Gasteiger partial charge in [-0.2, -0.15) is 0 Å². The average Bonchev–Trinajstić information content (AvgIpc) is 2.54. The summed E-state index contributed by atoms with van der Waals surface area (Å²) in [6, 6.07) is 9.67. The molecule has 0 amide bonds. The van der Waals surface area contributed by atoms with Gasteiger partial charge in [-0.15, -0.1) is 0 Å². The smallest absolute Gasteiger partial charge is 0.119 e. The largest absolute Gasteiger partial charge is 0.491 e. The van der Waals surface area contributed by atoms with Crippen LogP contribution in [-0.2, 0) is 0 Å². The molecule has 1 aromatic carbocycles. The zero-order valence-corrected chi connectivity index (χ0v) is 12.3. The number of ether oxygens (including phenoxy) is 1.